The van der Waals surface area contributed by atoms with Gasteiger partial charge in [0.15, 0.2) is 0 Å². The summed E-state index contributed by atoms with van der Waals surface area (Å²) in [7, 11) is 1.79. The van der Waals surface area contributed by atoms with E-state index in [0.717, 1.165) is 18.7 Å². The summed E-state index contributed by atoms with van der Waals surface area (Å²) in [5, 5.41) is 14.0. The van der Waals surface area contributed by atoms with Crippen molar-refractivity contribution in [1.82, 2.24) is 5.32 Å². The molecular formula is C18H20ClFN2O. The Balaban J connectivity index is 2.03. The Bertz CT molecular complexity index is 674. The van der Waals surface area contributed by atoms with Crippen LogP contribution in [0.2, 0.25) is 5.02 Å². The van der Waals surface area contributed by atoms with Crippen LogP contribution in [-0.2, 0) is 6.42 Å². The lowest BCUT2D eigenvalue weighted by Crippen LogP contribution is -2.40. The number of hydrogen-bond acceptors (Lipinski definition) is 3. The molecule has 2 aromatic rings. The SMILES string of the molecule is CNC[C@@H](O)[C@H](c1cc(F)cc(Cl)c1)N1CCc2ccccc21. The van der Waals surface area contributed by atoms with Gasteiger partial charge in [0.2, 0.25) is 0 Å². The van der Waals surface area contributed by atoms with E-state index in [1.54, 1.807) is 13.1 Å². The minimum Gasteiger partial charge on any atom is -0.389 e. The van der Waals surface area contributed by atoms with Gasteiger partial charge in [0.05, 0.1) is 12.1 Å². The highest BCUT2D eigenvalue weighted by Gasteiger charge is 2.32. The molecule has 0 amide bonds. The largest absolute Gasteiger partial charge is 0.389 e. The lowest BCUT2D eigenvalue weighted by atomic mass is 9.99. The van der Waals surface area contributed by atoms with E-state index >= 15 is 0 Å². The molecule has 23 heavy (non-hydrogen) atoms. The van der Waals surface area contributed by atoms with Gasteiger partial charge in [0, 0.05) is 23.8 Å². The van der Waals surface area contributed by atoms with Crippen LogP contribution in [0.4, 0.5) is 10.1 Å². The standard InChI is InChI=1S/C18H20ClFN2O/c1-21-11-17(23)18(13-8-14(19)10-15(20)9-13)22-7-6-12-4-2-3-5-16(12)22/h2-5,8-10,17-18,21,23H,6-7,11H2,1H3/t17-,18+/m1/s1. The molecule has 0 spiro atoms. The smallest absolute Gasteiger partial charge is 0.125 e. The van der Waals surface area contributed by atoms with Gasteiger partial charge in [-0.2, -0.15) is 0 Å². The molecule has 3 nitrogen and oxygen atoms in total. The molecule has 0 fully saturated rings. The highest BCUT2D eigenvalue weighted by atomic mass is 35.5. The van der Waals surface area contributed by atoms with Gasteiger partial charge in [-0.05, 0) is 48.9 Å². The third kappa shape index (κ3) is 3.34. The molecule has 1 aliphatic rings. The van der Waals surface area contributed by atoms with Gasteiger partial charge in [0.1, 0.15) is 5.82 Å². The molecule has 0 saturated carbocycles. The van der Waals surface area contributed by atoms with E-state index in [-0.39, 0.29) is 11.9 Å². The molecule has 2 atom stereocenters. The molecule has 0 aromatic heterocycles. The highest BCUT2D eigenvalue weighted by Crippen LogP contribution is 2.37. The van der Waals surface area contributed by atoms with Crippen molar-refractivity contribution < 1.29 is 9.50 Å². The first kappa shape index (κ1) is 16.2. The number of hydrogen-bond donors (Lipinski definition) is 2. The third-order valence-corrected chi connectivity index (χ3v) is 4.48. The van der Waals surface area contributed by atoms with E-state index in [1.165, 1.54) is 17.7 Å². The molecule has 1 heterocycles. The number of nitrogens with one attached hydrogen (secondary N) is 1. The second kappa shape index (κ2) is 6.87. The van der Waals surface area contributed by atoms with Crippen molar-refractivity contribution in [2.24, 2.45) is 0 Å². The Morgan fingerprint density at radius 1 is 1.30 bits per heavy atom. The van der Waals surface area contributed by atoms with Gasteiger partial charge in [-0.25, -0.2) is 4.39 Å². The molecule has 2 aromatic carbocycles. The minimum atomic E-state index is -0.677. The van der Waals surface area contributed by atoms with Gasteiger partial charge < -0.3 is 15.3 Å². The molecule has 122 valence electrons. The predicted octanol–water partition coefficient (Wildman–Crippen LogP) is 3.16. The first-order valence-corrected chi connectivity index (χ1v) is 8.11. The summed E-state index contributed by atoms with van der Waals surface area (Å²) in [6.07, 6.45) is 0.242. The Morgan fingerprint density at radius 2 is 2.09 bits per heavy atom. The van der Waals surface area contributed by atoms with Crippen LogP contribution in [-0.4, -0.2) is 31.3 Å². The third-order valence-electron chi connectivity index (χ3n) is 4.26. The first-order valence-electron chi connectivity index (χ1n) is 7.73. The average Bonchev–Trinajstić information content (AvgIpc) is 2.91. The fourth-order valence-corrected chi connectivity index (χ4v) is 3.56. The van der Waals surface area contributed by atoms with E-state index in [2.05, 4.69) is 16.3 Å². The van der Waals surface area contributed by atoms with Crippen molar-refractivity contribution in [3.05, 3.63) is 64.4 Å². The number of halogens is 2. The van der Waals surface area contributed by atoms with Crippen LogP contribution in [0.3, 0.4) is 0 Å². The Morgan fingerprint density at radius 3 is 2.83 bits per heavy atom. The molecule has 0 bridgehead atoms. The van der Waals surface area contributed by atoms with Gasteiger partial charge >= 0.3 is 0 Å². The summed E-state index contributed by atoms with van der Waals surface area (Å²) < 4.78 is 13.8. The van der Waals surface area contributed by atoms with Crippen molar-refractivity contribution >= 4 is 17.3 Å². The minimum absolute atomic E-state index is 0.342. The van der Waals surface area contributed by atoms with Gasteiger partial charge in [0.25, 0.3) is 0 Å². The van der Waals surface area contributed by atoms with Crippen LogP contribution in [0.25, 0.3) is 0 Å². The number of likely N-dealkylation sites (N-methyl/N-ethyl adjacent to an activating group) is 1. The normalized spacial score (nSPS) is 16.3. The zero-order valence-electron chi connectivity index (χ0n) is 13.0. The summed E-state index contributed by atoms with van der Waals surface area (Å²) in [5.74, 6) is -0.387. The second-order valence-electron chi connectivity index (χ2n) is 5.84. The molecular weight excluding hydrogens is 315 g/mol. The molecule has 5 heteroatoms. The van der Waals surface area contributed by atoms with E-state index < -0.39 is 6.10 Å². The van der Waals surface area contributed by atoms with Crippen molar-refractivity contribution in [3.8, 4) is 0 Å². The molecule has 0 saturated heterocycles. The number of anilines is 1. The number of para-hydroxylation sites is 1. The predicted molar refractivity (Wildman–Crippen MR) is 91.6 cm³/mol. The quantitative estimate of drug-likeness (QED) is 0.881. The number of aliphatic hydroxyl groups excluding tert-OH is 1. The summed E-state index contributed by atoms with van der Waals surface area (Å²) >= 11 is 6.03. The molecule has 1 aliphatic heterocycles. The lowest BCUT2D eigenvalue weighted by molar-refractivity contribution is 0.141. The van der Waals surface area contributed by atoms with Gasteiger partial charge in [-0.1, -0.05) is 29.8 Å². The van der Waals surface area contributed by atoms with Crippen molar-refractivity contribution in [2.45, 2.75) is 18.6 Å². The molecule has 3 rings (SSSR count). The fraction of sp³-hybridized carbons (Fsp3) is 0.333. The van der Waals surface area contributed by atoms with E-state index in [1.807, 2.05) is 18.2 Å². The Kier molecular flexibility index (Phi) is 4.85. The summed E-state index contributed by atoms with van der Waals surface area (Å²) in [4.78, 5) is 2.14. The zero-order chi connectivity index (χ0) is 16.4. The summed E-state index contributed by atoms with van der Waals surface area (Å²) in [5.41, 5.74) is 3.03. The number of rotatable bonds is 5. The topological polar surface area (TPSA) is 35.5 Å². The van der Waals surface area contributed by atoms with Crippen LogP contribution in [0, 0.1) is 5.82 Å². The van der Waals surface area contributed by atoms with E-state index in [9.17, 15) is 9.50 Å². The van der Waals surface area contributed by atoms with Crippen LogP contribution in [0.15, 0.2) is 42.5 Å². The van der Waals surface area contributed by atoms with Gasteiger partial charge in [-0.3, -0.25) is 0 Å². The van der Waals surface area contributed by atoms with Crippen LogP contribution >= 0.6 is 11.6 Å². The monoisotopic (exact) mass is 334 g/mol. The first-order chi connectivity index (χ1) is 11.1. The highest BCUT2D eigenvalue weighted by molar-refractivity contribution is 6.30. The second-order valence-corrected chi connectivity index (χ2v) is 6.28. The molecule has 0 aliphatic carbocycles. The summed E-state index contributed by atoms with van der Waals surface area (Å²) in [6, 6.07) is 12.3. The van der Waals surface area contributed by atoms with E-state index in [0.29, 0.717) is 17.1 Å². The average molecular weight is 335 g/mol. The Labute approximate surface area is 140 Å². The van der Waals surface area contributed by atoms with Gasteiger partial charge in [-0.15, -0.1) is 0 Å². The Hall–Kier alpha value is -1.62. The molecule has 0 unspecified atom stereocenters. The zero-order valence-corrected chi connectivity index (χ0v) is 13.7. The van der Waals surface area contributed by atoms with Crippen LogP contribution in [0.1, 0.15) is 17.2 Å². The van der Waals surface area contributed by atoms with Crippen molar-refractivity contribution in [1.29, 1.82) is 0 Å². The lowest BCUT2D eigenvalue weighted by Gasteiger charge is -2.34. The summed E-state index contributed by atoms with van der Waals surface area (Å²) in [6.45, 7) is 1.20. The molecule has 0 radical (unpaired) electrons. The number of aliphatic hydroxyl groups is 1. The number of nitrogens with zero attached hydrogens (tertiary/aromatic N) is 1. The number of fused-ring (bicyclic) bond motifs is 1. The maximum Gasteiger partial charge on any atom is 0.125 e. The van der Waals surface area contributed by atoms with Crippen molar-refractivity contribution in [3.63, 3.8) is 0 Å². The maximum absolute atomic E-state index is 13.8. The van der Waals surface area contributed by atoms with Crippen molar-refractivity contribution in [2.75, 3.05) is 25.0 Å². The molecule has 2 N–H and O–H groups in total. The number of benzene rings is 2. The maximum atomic E-state index is 13.8. The van der Waals surface area contributed by atoms with Crippen LogP contribution < -0.4 is 10.2 Å². The van der Waals surface area contributed by atoms with Crippen LogP contribution in [0.5, 0.6) is 0 Å². The van der Waals surface area contributed by atoms with E-state index in [4.69, 9.17) is 11.6 Å². The fourth-order valence-electron chi connectivity index (χ4n) is 3.33.